The maximum absolute atomic E-state index is 13.5. The molecular formula is C27H33N3O5S. The predicted octanol–water partition coefficient (Wildman–Crippen LogP) is 4.30. The molecule has 0 bridgehead atoms. The fourth-order valence-corrected chi connectivity index (χ4v) is 6.69. The van der Waals surface area contributed by atoms with Gasteiger partial charge in [0.25, 0.3) is 0 Å². The smallest absolute Gasteiger partial charge is 0.318 e. The second kappa shape index (κ2) is 9.19. The largest absolute Gasteiger partial charge is 0.494 e. The van der Waals surface area contributed by atoms with Crippen molar-refractivity contribution in [3.05, 3.63) is 54.2 Å². The van der Waals surface area contributed by atoms with Gasteiger partial charge in [-0.25, -0.2) is 8.42 Å². The summed E-state index contributed by atoms with van der Waals surface area (Å²) < 4.78 is 41.4. The normalized spacial score (nSPS) is 21.7. The van der Waals surface area contributed by atoms with Gasteiger partial charge < -0.3 is 9.47 Å². The summed E-state index contributed by atoms with van der Waals surface area (Å²) in [6, 6.07) is 14.3. The van der Waals surface area contributed by atoms with Crippen molar-refractivity contribution >= 4 is 26.9 Å². The Kier molecular flexibility index (Phi) is 6.32. The molecule has 2 heterocycles. The van der Waals surface area contributed by atoms with E-state index < -0.39 is 15.4 Å². The standard InChI is InChI=1S/C27H33N3O5S/c1-5-34-20-10-12-21(13-11-20)36(32,33)29-16-19(4)24(17-29)30-23-9-7-6-8-22(23)25(28-30)27(14-15-27)26(31)35-18(2)3/h6-13,18-19,24H,5,14-17H2,1-4H3/t19-,24+/m1/s1. The van der Waals surface area contributed by atoms with Crippen LogP contribution in [0.4, 0.5) is 0 Å². The molecule has 0 amide bonds. The van der Waals surface area contributed by atoms with Gasteiger partial charge in [-0.2, -0.15) is 9.40 Å². The van der Waals surface area contributed by atoms with Crippen LogP contribution in [0.15, 0.2) is 53.4 Å². The number of benzene rings is 2. The third kappa shape index (κ3) is 4.18. The lowest BCUT2D eigenvalue weighted by Crippen LogP contribution is -2.29. The van der Waals surface area contributed by atoms with Crippen LogP contribution in [-0.2, 0) is 25.0 Å². The number of rotatable bonds is 8. The Morgan fingerprint density at radius 2 is 1.81 bits per heavy atom. The molecule has 0 spiro atoms. The van der Waals surface area contributed by atoms with E-state index in [4.69, 9.17) is 14.6 Å². The van der Waals surface area contributed by atoms with Crippen LogP contribution < -0.4 is 4.74 Å². The molecule has 2 aromatic carbocycles. The maximum Gasteiger partial charge on any atom is 0.318 e. The molecule has 3 aromatic rings. The van der Waals surface area contributed by atoms with Gasteiger partial charge in [0.1, 0.15) is 11.2 Å². The van der Waals surface area contributed by atoms with Crippen molar-refractivity contribution in [3.63, 3.8) is 0 Å². The number of carbonyl (C=O) groups is 1. The lowest BCUT2D eigenvalue weighted by Gasteiger charge is -2.18. The number of fused-ring (bicyclic) bond motifs is 1. The van der Waals surface area contributed by atoms with Crippen LogP contribution in [0.3, 0.4) is 0 Å². The van der Waals surface area contributed by atoms with E-state index in [1.54, 1.807) is 24.3 Å². The number of carbonyl (C=O) groups excluding carboxylic acids is 1. The Morgan fingerprint density at radius 1 is 1.11 bits per heavy atom. The number of aromatic nitrogens is 2. The highest BCUT2D eigenvalue weighted by atomic mass is 32.2. The molecule has 1 aliphatic heterocycles. The molecule has 1 saturated heterocycles. The summed E-state index contributed by atoms with van der Waals surface area (Å²) in [6.07, 6.45) is 1.22. The first kappa shape index (κ1) is 24.8. The van der Waals surface area contributed by atoms with E-state index in [1.807, 2.05) is 49.7 Å². The second-order valence-electron chi connectivity index (χ2n) is 10.1. The lowest BCUT2D eigenvalue weighted by atomic mass is 9.99. The first-order valence-electron chi connectivity index (χ1n) is 12.6. The van der Waals surface area contributed by atoms with E-state index in [2.05, 4.69) is 6.92 Å². The van der Waals surface area contributed by atoms with Gasteiger partial charge in [-0.05, 0) is 69.9 Å². The molecule has 1 saturated carbocycles. The van der Waals surface area contributed by atoms with E-state index in [9.17, 15) is 13.2 Å². The zero-order valence-corrected chi connectivity index (χ0v) is 22.0. The van der Waals surface area contributed by atoms with Gasteiger partial charge in [0.05, 0.1) is 34.9 Å². The summed E-state index contributed by atoms with van der Waals surface area (Å²) in [6.45, 7) is 8.87. The molecule has 2 fully saturated rings. The number of hydrogen-bond donors (Lipinski definition) is 0. The minimum atomic E-state index is -3.67. The van der Waals surface area contributed by atoms with Crippen LogP contribution >= 0.6 is 0 Å². The quantitative estimate of drug-likeness (QED) is 0.419. The highest BCUT2D eigenvalue weighted by molar-refractivity contribution is 7.89. The van der Waals surface area contributed by atoms with E-state index >= 15 is 0 Å². The lowest BCUT2D eigenvalue weighted by molar-refractivity contribution is -0.150. The number of sulfonamides is 1. The third-order valence-corrected chi connectivity index (χ3v) is 9.02. The van der Waals surface area contributed by atoms with E-state index in [-0.39, 0.29) is 28.9 Å². The monoisotopic (exact) mass is 511 g/mol. The van der Waals surface area contributed by atoms with Crippen molar-refractivity contribution in [1.29, 1.82) is 0 Å². The van der Waals surface area contributed by atoms with E-state index in [0.717, 1.165) is 16.6 Å². The van der Waals surface area contributed by atoms with Crippen molar-refractivity contribution in [3.8, 4) is 5.75 Å². The fraction of sp³-hybridized carbons (Fsp3) is 0.481. The fourth-order valence-electron chi connectivity index (χ4n) is 5.13. The van der Waals surface area contributed by atoms with Crippen LogP contribution in [0.2, 0.25) is 0 Å². The van der Waals surface area contributed by atoms with Crippen molar-refractivity contribution in [2.45, 2.75) is 63.0 Å². The first-order chi connectivity index (χ1) is 17.2. The number of ether oxygens (including phenoxy) is 2. The van der Waals surface area contributed by atoms with Gasteiger partial charge in [0.2, 0.25) is 10.0 Å². The zero-order chi connectivity index (χ0) is 25.7. The van der Waals surface area contributed by atoms with Crippen molar-refractivity contribution < 1.29 is 22.7 Å². The topological polar surface area (TPSA) is 90.7 Å². The summed E-state index contributed by atoms with van der Waals surface area (Å²) in [5, 5.41) is 5.91. The maximum atomic E-state index is 13.5. The van der Waals surface area contributed by atoms with Gasteiger partial charge >= 0.3 is 5.97 Å². The Balaban J connectivity index is 1.47. The molecule has 1 aliphatic carbocycles. The van der Waals surface area contributed by atoms with E-state index in [0.29, 0.717) is 38.3 Å². The molecular weight excluding hydrogens is 478 g/mol. The second-order valence-corrected chi connectivity index (χ2v) is 12.1. The van der Waals surface area contributed by atoms with Crippen LogP contribution in [0.5, 0.6) is 5.75 Å². The van der Waals surface area contributed by atoms with Crippen molar-refractivity contribution in [2.24, 2.45) is 5.92 Å². The Morgan fingerprint density at radius 3 is 2.44 bits per heavy atom. The molecule has 36 heavy (non-hydrogen) atoms. The molecule has 1 aromatic heterocycles. The van der Waals surface area contributed by atoms with Gasteiger partial charge in [0.15, 0.2) is 0 Å². The summed E-state index contributed by atoms with van der Waals surface area (Å²) in [5.74, 6) is 0.452. The first-order valence-corrected chi connectivity index (χ1v) is 14.0. The molecule has 5 rings (SSSR count). The molecule has 192 valence electrons. The van der Waals surface area contributed by atoms with Crippen molar-refractivity contribution in [2.75, 3.05) is 19.7 Å². The van der Waals surface area contributed by atoms with Gasteiger partial charge in [-0.3, -0.25) is 9.48 Å². The summed E-state index contributed by atoms with van der Waals surface area (Å²) in [4.78, 5) is 13.3. The van der Waals surface area contributed by atoms with Crippen LogP contribution in [-0.4, -0.2) is 54.3 Å². The average Bonchev–Trinajstić information content (AvgIpc) is 3.43. The summed E-state index contributed by atoms with van der Waals surface area (Å²) in [7, 11) is -3.67. The number of nitrogens with zero attached hydrogens (tertiary/aromatic N) is 3. The van der Waals surface area contributed by atoms with Gasteiger partial charge in [-0.1, -0.05) is 25.1 Å². The highest BCUT2D eigenvalue weighted by Crippen LogP contribution is 2.51. The van der Waals surface area contributed by atoms with Gasteiger partial charge in [0, 0.05) is 18.5 Å². The summed E-state index contributed by atoms with van der Waals surface area (Å²) in [5.41, 5.74) is 0.933. The molecule has 0 N–H and O–H groups in total. The van der Waals surface area contributed by atoms with Crippen LogP contribution in [0.25, 0.3) is 10.9 Å². The predicted molar refractivity (Wildman–Crippen MR) is 136 cm³/mol. The van der Waals surface area contributed by atoms with Gasteiger partial charge in [-0.15, -0.1) is 0 Å². The minimum absolute atomic E-state index is 0.0383. The van der Waals surface area contributed by atoms with Crippen LogP contribution in [0, 0.1) is 5.92 Å². The molecule has 2 atom stereocenters. The average molecular weight is 512 g/mol. The Labute approximate surface area is 212 Å². The summed E-state index contributed by atoms with van der Waals surface area (Å²) >= 11 is 0. The van der Waals surface area contributed by atoms with E-state index in [1.165, 1.54) is 4.31 Å². The number of para-hydroxylation sites is 1. The number of esters is 1. The Bertz CT molecular complexity index is 1380. The molecule has 8 nitrogen and oxygen atoms in total. The van der Waals surface area contributed by atoms with Crippen molar-refractivity contribution in [1.82, 2.24) is 14.1 Å². The minimum Gasteiger partial charge on any atom is -0.494 e. The molecule has 0 unspecified atom stereocenters. The molecule has 0 radical (unpaired) electrons. The zero-order valence-electron chi connectivity index (χ0n) is 21.2. The molecule has 9 heteroatoms. The van der Waals surface area contributed by atoms with Crippen LogP contribution in [0.1, 0.15) is 52.3 Å². The Hall–Kier alpha value is -2.91. The third-order valence-electron chi connectivity index (χ3n) is 7.18. The highest BCUT2D eigenvalue weighted by Gasteiger charge is 2.56. The molecule has 2 aliphatic rings. The SMILES string of the molecule is CCOc1ccc(S(=O)(=O)N2C[C@@H](C)[C@@H](n3nc(C4(C(=O)OC(C)C)CC4)c4ccccc43)C2)cc1. The number of hydrogen-bond acceptors (Lipinski definition) is 6.